The standard InChI is InChI=1S/C47H39N11O6/c1-2-43(59)53-25-18-34(29-53)57-39-16-22-49-27-41(39)56(46(57)61)33-6-10-37(11-7-33)64-45-31(13-24-51-52-45)3-12-44(60)54-26-19-35(30-54)58-40-17-23-50-28-42(40)55(47(58)62)32-4-8-36(9-5-32)63-38-14-20-48-21-15-38/h2-17,20-24,27-28,34-35H,1,18-19,25-26,29-30H2/b12-3+. The third-order valence-electron chi connectivity index (χ3n) is 11.6. The van der Waals surface area contributed by atoms with Gasteiger partial charge in [-0.1, -0.05) is 6.58 Å². The highest BCUT2D eigenvalue weighted by atomic mass is 16.5. The van der Waals surface area contributed by atoms with E-state index in [2.05, 4.69) is 31.7 Å². The molecule has 2 aromatic carbocycles. The highest BCUT2D eigenvalue weighted by Crippen LogP contribution is 2.31. The second-order valence-electron chi connectivity index (χ2n) is 15.4. The minimum Gasteiger partial charge on any atom is -0.457 e. The average Bonchev–Trinajstić information content (AvgIpc) is 4.13. The van der Waals surface area contributed by atoms with Gasteiger partial charge in [-0.05, 0) is 104 Å². The van der Waals surface area contributed by atoms with Crippen LogP contribution in [0, 0.1) is 0 Å². The molecule has 8 aromatic rings. The first-order chi connectivity index (χ1) is 31.3. The van der Waals surface area contributed by atoms with Crippen molar-refractivity contribution in [2.24, 2.45) is 0 Å². The molecule has 0 N–H and O–H groups in total. The van der Waals surface area contributed by atoms with Gasteiger partial charge in [-0.2, -0.15) is 5.10 Å². The molecule has 6 aromatic heterocycles. The fourth-order valence-electron chi connectivity index (χ4n) is 8.56. The lowest BCUT2D eigenvalue weighted by Gasteiger charge is -2.15. The minimum absolute atomic E-state index is 0.160. The van der Waals surface area contributed by atoms with Crippen molar-refractivity contribution < 1.29 is 19.1 Å². The fraction of sp³-hybridized carbons (Fsp3) is 0.170. The maximum absolute atomic E-state index is 14.2. The summed E-state index contributed by atoms with van der Waals surface area (Å²) in [6.45, 7) is 5.33. The molecule has 0 bridgehead atoms. The van der Waals surface area contributed by atoms with E-state index >= 15 is 0 Å². The summed E-state index contributed by atoms with van der Waals surface area (Å²) in [6.07, 6.45) is 17.1. The molecular weight excluding hydrogens is 815 g/mol. The maximum Gasteiger partial charge on any atom is 0.334 e. The van der Waals surface area contributed by atoms with Gasteiger partial charge in [-0.15, -0.1) is 5.10 Å². The van der Waals surface area contributed by atoms with Gasteiger partial charge in [0, 0.05) is 62.6 Å². The van der Waals surface area contributed by atoms with Crippen LogP contribution < -0.4 is 20.9 Å². The van der Waals surface area contributed by atoms with Gasteiger partial charge in [-0.25, -0.2) is 9.59 Å². The predicted octanol–water partition coefficient (Wildman–Crippen LogP) is 5.90. The van der Waals surface area contributed by atoms with Crippen LogP contribution in [0.3, 0.4) is 0 Å². The number of rotatable bonds is 11. The molecule has 0 spiro atoms. The molecule has 0 radical (unpaired) electrons. The van der Waals surface area contributed by atoms with Crippen molar-refractivity contribution in [2.45, 2.75) is 24.9 Å². The Labute approximate surface area is 364 Å². The van der Waals surface area contributed by atoms with Crippen molar-refractivity contribution in [2.75, 3.05) is 26.2 Å². The lowest BCUT2D eigenvalue weighted by Crippen LogP contribution is -2.31. The quantitative estimate of drug-likeness (QED) is 0.142. The lowest BCUT2D eigenvalue weighted by atomic mass is 10.2. The van der Waals surface area contributed by atoms with E-state index in [4.69, 9.17) is 9.47 Å². The van der Waals surface area contributed by atoms with E-state index in [1.807, 2.05) is 18.2 Å². The number of fused-ring (bicyclic) bond motifs is 2. The summed E-state index contributed by atoms with van der Waals surface area (Å²) in [4.78, 5) is 70.1. The van der Waals surface area contributed by atoms with E-state index < -0.39 is 0 Å². The first-order valence-electron chi connectivity index (χ1n) is 20.6. The van der Waals surface area contributed by atoms with Gasteiger partial charge >= 0.3 is 11.4 Å². The van der Waals surface area contributed by atoms with Crippen LogP contribution in [-0.2, 0) is 9.59 Å². The summed E-state index contributed by atoms with van der Waals surface area (Å²) >= 11 is 0. The van der Waals surface area contributed by atoms with Gasteiger partial charge in [-0.3, -0.25) is 42.8 Å². The average molecular weight is 854 g/mol. The number of hydrogen-bond donors (Lipinski definition) is 0. The Morgan fingerprint density at radius 3 is 1.67 bits per heavy atom. The summed E-state index contributed by atoms with van der Waals surface area (Å²) in [5.41, 5.74) is 4.05. The van der Waals surface area contributed by atoms with Crippen LogP contribution in [0.5, 0.6) is 23.1 Å². The summed E-state index contributed by atoms with van der Waals surface area (Å²) in [7, 11) is 0. The van der Waals surface area contributed by atoms with Crippen molar-refractivity contribution in [3.63, 3.8) is 0 Å². The van der Waals surface area contributed by atoms with Crippen molar-refractivity contribution in [1.82, 2.24) is 53.2 Å². The van der Waals surface area contributed by atoms with E-state index in [1.165, 1.54) is 18.3 Å². The second-order valence-corrected chi connectivity index (χ2v) is 15.4. The number of amides is 2. The molecule has 318 valence electrons. The highest BCUT2D eigenvalue weighted by molar-refractivity contribution is 5.92. The van der Waals surface area contributed by atoms with E-state index in [-0.39, 0.29) is 41.2 Å². The molecule has 0 aliphatic carbocycles. The Balaban J connectivity index is 0.832. The molecule has 2 fully saturated rings. The van der Waals surface area contributed by atoms with Crippen LogP contribution >= 0.6 is 0 Å². The van der Waals surface area contributed by atoms with Crippen LogP contribution in [0.2, 0.25) is 0 Å². The largest absolute Gasteiger partial charge is 0.457 e. The zero-order valence-corrected chi connectivity index (χ0v) is 34.3. The van der Waals surface area contributed by atoms with Gasteiger partial charge < -0.3 is 19.3 Å². The van der Waals surface area contributed by atoms with Crippen LogP contribution in [0.1, 0.15) is 30.5 Å². The Morgan fingerprint density at radius 2 is 1.11 bits per heavy atom. The maximum atomic E-state index is 14.2. The molecule has 2 atom stereocenters. The number of aromatic nitrogens is 9. The lowest BCUT2D eigenvalue weighted by molar-refractivity contribution is -0.125. The monoisotopic (exact) mass is 853 g/mol. The Morgan fingerprint density at radius 1 is 0.594 bits per heavy atom. The zero-order chi connectivity index (χ0) is 43.7. The van der Waals surface area contributed by atoms with E-state index in [0.29, 0.717) is 84.2 Å². The van der Waals surface area contributed by atoms with Gasteiger partial charge in [0.05, 0.1) is 64.1 Å². The molecule has 17 heteroatoms. The van der Waals surface area contributed by atoms with Crippen LogP contribution in [-0.4, -0.2) is 91.2 Å². The Kier molecular flexibility index (Phi) is 10.4. The van der Waals surface area contributed by atoms with Gasteiger partial charge in [0.2, 0.25) is 17.7 Å². The molecular formula is C47H39N11O6. The van der Waals surface area contributed by atoms with Crippen molar-refractivity contribution in [1.29, 1.82) is 0 Å². The SMILES string of the molecule is C=CC(=O)N1CCC(n2c(=O)n(-c3ccc(Oc4nnccc4/C=C/C(=O)N4CCC(n5c(=O)n(-c6ccc(Oc7ccncc7)cc6)c6cnccc65)C4)cc3)c3cnccc32)C1. The van der Waals surface area contributed by atoms with E-state index in [1.54, 1.807) is 132 Å². The van der Waals surface area contributed by atoms with Gasteiger partial charge in [0.15, 0.2) is 0 Å². The topological polar surface area (TPSA) is 177 Å². The third-order valence-corrected chi connectivity index (χ3v) is 11.6. The number of pyridine rings is 3. The van der Waals surface area contributed by atoms with Gasteiger partial charge in [0.1, 0.15) is 17.2 Å². The van der Waals surface area contributed by atoms with Crippen LogP contribution in [0.4, 0.5) is 0 Å². The van der Waals surface area contributed by atoms with Gasteiger partial charge in [0.25, 0.3) is 0 Å². The second kappa shape index (κ2) is 16.8. The van der Waals surface area contributed by atoms with Crippen LogP contribution in [0.15, 0.2) is 151 Å². The molecule has 2 unspecified atom stereocenters. The molecule has 10 rings (SSSR count). The normalized spacial score (nSPS) is 16.2. The van der Waals surface area contributed by atoms with Crippen molar-refractivity contribution in [3.8, 4) is 34.5 Å². The summed E-state index contributed by atoms with van der Waals surface area (Å²) in [5, 5.41) is 8.20. The molecule has 2 aliphatic heterocycles. The van der Waals surface area contributed by atoms with Crippen LogP contribution in [0.25, 0.3) is 39.5 Å². The minimum atomic E-state index is -0.264. The number of carbonyl (C=O) groups is 2. The van der Waals surface area contributed by atoms with E-state index in [0.717, 1.165) is 11.0 Å². The number of likely N-dealkylation sites (tertiary alicyclic amines) is 2. The Hall–Kier alpha value is -8.47. The number of carbonyl (C=O) groups excluding carboxylic acids is 2. The summed E-state index contributed by atoms with van der Waals surface area (Å²) in [5.74, 6) is 1.50. The number of nitrogens with zero attached hydrogens (tertiary/aromatic N) is 11. The molecule has 17 nitrogen and oxygen atoms in total. The molecule has 2 amide bonds. The summed E-state index contributed by atoms with van der Waals surface area (Å²) in [6, 6.07) is 22.6. The molecule has 0 saturated carbocycles. The molecule has 64 heavy (non-hydrogen) atoms. The van der Waals surface area contributed by atoms with Crippen molar-refractivity contribution in [3.05, 3.63) is 168 Å². The zero-order valence-electron chi connectivity index (χ0n) is 34.3. The summed E-state index contributed by atoms with van der Waals surface area (Å²) < 4.78 is 18.8. The smallest absolute Gasteiger partial charge is 0.334 e. The number of imidazole rings is 2. The fourth-order valence-corrected chi connectivity index (χ4v) is 8.56. The first-order valence-corrected chi connectivity index (χ1v) is 20.6. The predicted molar refractivity (Wildman–Crippen MR) is 237 cm³/mol. The van der Waals surface area contributed by atoms with Crippen molar-refractivity contribution >= 4 is 40.0 Å². The number of benzene rings is 2. The molecule has 2 saturated heterocycles. The van der Waals surface area contributed by atoms with E-state index in [9.17, 15) is 19.2 Å². The number of hydrogen-bond acceptors (Lipinski definition) is 11. The third kappa shape index (κ3) is 7.37. The highest BCUT2D eigenvalue weighted by Gasteiger charge is 2.32. The Bertz CT molecular complexity index is 3210. The molecule has 2 aliphatic rings. The molecule has 8 heterocycles. The first kappa shape index (κ1) is 39.7. The number of ether oxygens (including phenoxy) is 2.